The van der Waals surface area contributed by atoms with Crippen molar-refractivity contribution >= 4 is 17.4 Å². The van der Waals surface area contributed by atoms with E-state index in [1.807, 2.05) is 0 Å². The van der Waals surface area contributed by atoms with Crippen molar-refractivity contribution in [1.82, 2.24) is 0 Å². The quantitative estimate of drug-likeness (QED) is 0.600. The number of benzene rings is 1. The van der Waals surface area contributed by atoms with E-state index in [0.717, 1.165) is 5.69 Å². The third kappa shape index (κ3) is 2.28. The van der Waals surface area contributed by atoms with E-state index in [4.69, 9.17) is 5.41 Å². The summed E-state index contributed by atoms with van der Waals surface area (Å²) in [4.78, 5) is 11.3. The summed E-state index contributed by atoms with van der Waals surface area (Å²) in [6, 6.07) is 5.00. The molecule has 0 unspecified atom stereocenters. The second kappa shape index (κ2) is 5.11. The minimum Gasteiger partial charge on any atom is -0.465 e. The molecular formula is C12H14N2O2. The lowest BCUT2D eigenvalue weighted by Gasteiger charge is -2.09. The summed E-state index contributed by atoms with van der Waals surface area (Å²) in [6.45, 7) is 3.54. The van der Waals surface area contributed by atoms with Crippen LogP contribution in [0.3, 0.4) is 0 Å². The normalized spacial score (nSPS) is 9.38. The van der Waals surface area contributed by atoms with E-state index in [1.54, 1.807) is 25.2 Å². The molecule has 0 spiro atoms. The highest BCUT2D eigenvalue weighted by Crippen LogP contribution is 2.18. The number of carbonyl (C=O) groups is 1. The van der Waals surface area contributed by atoms with Gasteiger partial charge in [-0.25, -0.2) is 4.79 Å². The summed E-state index contributed by atoms with van der Waals surface area (Å²) < 4.78 is 4.62. The summed E-state index contributed by atoms with van der Waals surface area (Å²) >= 11 is 0. The van der Waals surface area contributed by atoms with E-state index in [-0.39, 0.29) is 5.71 Å². The Morgan fingerprint density at radius 3 is 2.75 bits per heavy atom. The van der Waals surface area contributed by atoms with E-state index in [2.05, 4.69) is 16.6 Å². The average Bonchev–Trinajstić information content (AvgIpc) is 2.35. The number of methoxy groups -OCH3 is 1. The van der Waals surface area contributed by atoms with Gasteiger partial charge >= 0.3 is 5.97 Å². The van der Waals surface area contributed by atoms with E-state index in [1.165, 1.54) is 13.2 Å². The zero-order chi connectivity index (χ0) is 12.1. The minimum atomic E-state index is -0.416. The van der Waals surface area contributed by atoms with Crippen LogP contribution in [-0.4, -0.2) is 25.8 Å². The van der Waals surface area contributed by atoms with Crippen molar-refractivity contribution in [2.75, 3.05) is 19.5 Å². The van der Waals surface area contributed by atoms with Crippen LogP contribution in [0.25, 0.3) is 0 Å². The maximum absolute atomic E-state index is 11.3. The van der Waals surface area contributed by atoms with Gasteiger partial charge in [0.1, 0.15) is 0 Å². The molecule has 16 heavy (non-hydrogen) atoms. The molecule has 0 aliphatic carbocycles. The summed E-state index contributed by atoms with van der Waals surface area (Å²) in [5, 5.41) is 10.7. The molecule has 4 heteroatoms. The number of hydrogen-bond donors (Lipinski definition) is 2. The van der Waals surface area contributed by atoms with Gasteiger partial charge < -0.3 is 15.5 Å². The SMILES string of the molecule is C=CC(=N)c1cc(C(=O)OC)ccc1NC. The lowest BCUT2D eigenvalue weighted by molar-refractivity contribution is 0.0601. The van der Waals surface area contributed by atoms with E-state index >= 15 is 0 Å². The maximum atomic E-state index is 11.3. The van der Waals surface area contributed by atoms with E-state index in [0.29, 0.717) is 11.1 Å². The van der Waals surface area contributed by atoms with Gasteiger partial charge in [0.25, 0.3) is 0 Å². The highest BCUT2D eigenvalue weighted by atomic mass is 16.5. The predicted molar refractivity (Wildman–Crippen MR) is 64.4 cm³/mol. The second-order valence-corrected chi connectivity index (χ2v) is 3.12. The fourth-order valence-corrected chi connectivity index (χ4v) is 1.34. The van der Waals surface area contributed by atoms with Gasteiger partial charge in [0.2, 0.25) is 0 Å². The van der Waals surface area contributed by atoms with Crippen molar-refractivity contribution in [2.45, 2.75) is 0 Å². The van der Waals surface area contributed by atoms with Gasteiger partial charge in [0.05, 0.1) is 18.4 Å². The third-order valence-electron chi connectivity index (χ3n) is 2.20. The zero-order valence-electron chi connectivity index (χ0n) is 9.33. The smallest absolute Gasteiger partial charge is 0.337 e. The average molecular weight is 218 g/mol. The van der Waals surface area contributed by atoms with Crippen LogP contribution in [-0.2, 0) is 4.74 Å². The predicted octanol–water partition coefficient (Wildman–Crippen LogP) is 2.07. The molecule has 0 fully saturated rings. The fourth-order valence-electron chi connectivity index (χ4n) is 1.34. The summed E-state index contributed by atoms with van der Waals surface area (Å²) in [6.07, 6.45) is 1.43. The first kappa shape index (κ1) is 12.0. The molecule has 2 N–H and O–H groups in total. The van der Waals surface area contributed by atoms with Gasteiger partial charge in [0, 0.05) is 18.3 Å². The molecule has 0 aliphatic heterocycles. The highest BCUT2D eigenvalue weighted by Gasteiger charge is 2.10. The molecule has 84 valence electrons. The number of ether oxygens (including phenoxy) is 1. The van der Waals surface area contributed by atoms with Crippen molar-refractivity contribution in [3.05, 3.63) is 42.0 Å². The Bertz CT molecular complexity index is 439. The molecule has 1 aromatic rings. The Balaban J connectivity index is 3.26. The molecule has 0 saturated carbocycles. The van der Waals surface area contributed by atoms with Crippen molar-refractivity contribution in [3.8, 4) is 0 Å². The topological polar surface area (TPSA) is 62.2 Å². The molecule has 1 rings (SSSR count). The van der Waals surface area contributed by atoms with E-state index in [9.17, 15) is 4.79 Å². The van der Waals surface area contributed by atoms with Crippen LogP contribution in [0.15, 0.2) is 30.9 Å². The molecule has 0 radical (unpaired) electrons. The van der Waals surface area contributed by atoms with Crippen molar-refractivity contribution in [3.63, 3.8) is 0 Å². The molecule has 0 aliphatic rings. The zero-order valence-corrected chi connectivity index (χ0v) is 9.33. The minimum absolute atomic E-state index is 0.259. The summed E-state index contributed by atoms with van der Waals surface area (Å²) in [5.41, 5.74) is 2.08. The number of esters is 1. The van der Waals surface area contributed by atoms with Gasteiger partial charge in [-0.2, -0.15) is 0 Å². The molecule has 0 heterocycles. The molecule has 1 aromatic carbocycles. The number of carbonyl (C=O) groups excluding carboxylic acids is 1. The Kier molecular flexibility index (Phi) is 3.83. The van der Waals surface area contributed by atoms with Gasteiger partial charge in [-0.1, -0.05) is 6.58 Å². The van der Waals surface area contributed by atoms with Gasteiger partial charge in [-0.15, -0.1) is 0 Å². The second-order valence-electron chi connectivity index (χ2n) is 3.12. The van der Waals surface area contributed by atoms with Gasteiger partial charge in [-0.05, 0) is 24.3 Å². The molecule has 0 atom stereocenters. The van der Waals surface area contributed by atoms with Crippen LogP contribution in [0.1, 0.15) is 15.9 Å². The Hall–Kier alpha value is -2.10. The lowest BCUT2D eigenvalue weighted by Crippen LogP contribution is -2.06. The molecular weight excluding hydrogens is 204 g/mol. The molecule has 0 amide bonds. The maximum Gasteiger partial charge on any atom is 0.337 e. The van der Waals surface area contributed by atoms with E-state index < -0.39 is 5.97 Å². The monoisotopic (exact) mass is 218 g/mol. The largest absolute Gasteiger partial charge is 0.465 e. The molecule has 0 bridgehead atoms. The molecule has 0 saturated heterocycles. The standard InChI is InChI=1S/C12H14N2O2/c1-4-10(13)9-7-8(12(15)16-3)5-6-11(9)14-2/h4-7,13-14H,1H2,2-3H3. The number of rotatable bonds is 4. The van der Waals surface area contributed by atoms with Gasteiger partial charge in [-0.3, -0.25) is 0 Å². The summed E-state index contributed by atoms with van der Waals surface area (Å²) in [5.74, 6) is -0.416. The van der Waals surface area contributed by atoms with Crippen molar-refractivity contribution < 1.29 is 9.53 Å². The first-order valence-electron chi connectivity index (χ1n) is 4.75. The Morgan fingerprint density at radius 1 is 1.56 bits per heavy atom. The van der Waals surface area contributed by atoms with Crippen LogP contribution >= 0.6 is 0 Å². The molecule has 0 aromatic heterocycles. The Labute approximate surface area is 94.4 Å². The first-order valence-corrected chi connectivity index (χ1v) is 4.75. The fraction of sp³-hybridized carbons (Fsp3) is 0.167. The van der Waals surface area contributed by atoms with Crippen LogP contribution in [0.5, 0.6) is 0 Å². The number of nitrogens with one attached hydrogen (secondary N) is 2. The van der Waals surface area contributed by atoms with Crippen LogP contribution in [0.2, 0.25) is 0 Å². The van der Waals surface area contributed by atoms with Gasteiger partial charge in [0.15, 0.2) is 0 Å². The Morgan fingerprint density at radius 2 is 2.25 bits per heavy atom. The van der Waals surface area contributed by atoms with Crippen LogP contribution < -0.4 is 5.32 Å². The van der Waals surface area contributed by atoms with Crippen molar-refractivity contribution in [2.24, 2.45) is 0 Å². The number of anilines is 1. The summed E-state index contributed by atoms with van der Waals surface area (Å²) in [7, 11) is 3.08. The van der Waals surface area contributed by atoms with Crippen LogP contribution in [0.4, 0.5) is 5.69 Å². The first-order chi connectivity index (χ1) is 7.63. The van der Waals surface area contributed by atoms with Crippen molar-refractivity contribution in [1.29, 1.82) is 5.41 Å². The number of hydrogen-bond acceptors (Lipinski definition) is 4. The van der Waals surface area contributed by atoms with Crippen LogP contribution in [0, 0.1) is 5.41 Å². The number of allylic oxidation sites excluding steroid dienone is 1. The third-order valence-corrected chi connectivity index (χ3v) is 2.20. The highest BCUT2D eigenvalue weighted by molar-refractivity contribution is 6.11. The molecule has 4 nitrogen and oxygen atoms in total. The lowest BCUT2D eigenvalue weighted by atomic mass is 10.0.